The van der Waals surface area contributed by atoms with Crippen LogP contribution in [0.4, 0.5) is 8.78 Å². The van der Waals surface area contributed by atoms with Crippen molar-refractivity contribution in [1.82, 2.24) is 14.5 Å². The van der Waals surface area contributed by atoms with Crippen molar-refractivity contribution in [1.29, 1.82) is 0 Å². The molecule has 9 nitrogen and oxygen atoms in total. The van der Waals surface area contributed by atoms with Crippen LogP contribution in [0.15, 0.2) is 41.4 Å². The van der Waals surface area contributed by atoms with Crippen LogP contribution in [0.5, 0.6) is 11.5 Å². The predicted octanol–water partition coefficient (Wildman–Crippen LogP) is 2.78. The molecule has 1 saturated heterocycles. The van der Waals surface area contributed by atoms with E-state index in [2.05, 4.69) is 10.1 Å². The molecule has 0 bridgehead atoms. The summed E-state index contributed by atoms with van der Waals surface area (Å²) in [6, 6.07) is 9.98. The Bertz CT molecular complexity index is 1400. The summed E-state index contributed by atoms with van der Waals surface area (Å²) in [5.41, 5.74) is 2.21. The number of para-hydroxylation sites is 1. The number of aryl methyl sites for hydroxylation is 2. The van der Waals surface area contributed by atoms with E-state index in [0.29, 0.717) is 55.9 Å². The quantitative estimate of drug-likeness (QED) is 0.596. The Balaban J connectivity index is 1.22. The van der Waals surface area contributed by atoms with Crippen molar-refractivity contribution in [2.75, 3.05) is 39.5 Å². The van der Waals surface area contributed by atoms with Gasteiger partial charge in [-0.25, -0.2) is 12.7 Å². The highest BCUT2D eigenvalue weighted by atomic mass is 32.2. The number of sulfonamides is 1. The summed E-state index contributed by atoms with van der Waals surface area (Å²) < 4.78 is 64.2. The lowest BCUT2D eigenvalue weighted by Crippen LogP contribution is -2.48. The van der Waals surface area contributed by atoms with E-state index >= 15 is 0 Å². The number of alkyl halides is 2. The van der Waals surface area contributed by atoms with Gasteiger partial charge in [0.05, 0.1) is 16.9 Å². The fourth-order valence-corrected chi connectivity index (χ4v) is 6.56. The topological polar surface area (TPSA) is 101 Å². The number of aliphatic imine (C=N–C) groups is 1. The van der Waals surface area contributed by atoms with Gasteiger partial charge >= 0.3 is 6.29 Å². The third-order valence-corrected chi connectivity index (χ3v) is 9.16. The van der Waals surface area contributed by atoms with Crippen LogP contribution in [0.25, 0.3) is 0 Å². The van der Waals surface area contributed by atoms with Crippen molar-refractivity contribution in [2.24, 2.45) is 4.99 Å². The fraction of sp³-hybridized carbons (Fsp3) is 0.462. The summed E-state index contributed by atoms with van der Waals surface area (Å²) in [4.78, 5) is 18.5. The number of ether oxygens (including phenoxy) is 2. The molecule has 1 spiro atoms. The summed E-state index contributed by atoms with van der Waals surface area (Å²) in [6.07, 6.45) is -2.36. The Morgan fingerprint density at radius 3 is 2.58 bits per heavy atom. The molecule has 0 saturated carbocycles. The summed E-state index contributed by atoms with van der Waals surface area (Å²) in [5, 5.41) is 3.19. The van der Waals surface area contributed by atoms with E-state index in [1.165, 1.54) is 15.3 Å². The van der Waals surface area contributed by atoms with Crippen molar-refractivity contribution in [3.05, 3.63) is 58.7 Å². The monoisotopic (exact) mass is 548 g/mol. The molecule has 0 aromatic heterocycles. The smallest absolute Gasteiger partial charge is 0.395 e. The Labute approximate surface area is 220 Å². The van der Waals surface area contributed by atoms with Crippen LogP contribution in [0, 0.1) is 6.92 Å². The fourth-order valence-electron chi connectivity index (χ4n) is 5.08. The van der Waals surface area contributed by atoms with Crippen molar-refractivity contribution >= 4 is 21.8 Å². The number of benzene rings is 2. The number of nitrogens with one attached hydrogen (secondary N) is 1. The first-order valence-corrected chi connectivity index (χ1v) is 14.0. The standard InChI is InChI=1S/C26H30F2N4O5S/c1-17-15-19(24(33)31(2)3)8-7-18(17)9-14-38(34,35)32-12-10-25(11-13-32)16-29-23(30-25)20-5-4-6-21-22(20)37-26(27,28)36-21/h4-8,15H,9-14,16H2,1-3H3,(H,29,30). The number of rotatable bonds is 6. The molecule has 3 heterocycles. The van der Waals surface area contributed by atoms with E-state index in [4.69, 9.17) is 9.73 Å². The number of hydrogen-bond donors (Lipinski definition) is 1. The van der Waals surface area contributed by atoms with Gasteiger partial charge < -0.3 is 19.7 Å². The highest BCUT2D eigenvalue weighted by Crippen LogP contribution is 2.44. The molecule has 0 atom stereocenters. The summed E-state index contributed by atoms with van der Waals surface area (Å²) in [7, 11) is -0.127. The van der Waals surface area contributed by atoms with Gasteiger partial charge in [0, 0.05) is 39.3 Å². The molecule has 38 heavy (non-hydrogen) atoms. The van der Waals surface area contributed by atoms with E-state index < -0.39 is 21.9 Å². The highest BCUT2D eigenvalue weighted by Gasteiger charge is 2.46. The first-order chi connectivity index (χ1) is 17.9. The Kier molecular flexibility index (Phi) is 6.59. The lowest BCUT2D eigenvalue weighted by atomic mass is 9.90. The number of hydrogen-bond acceptors (Lipinski definition) is 7. The predicted molar refractivity (Wildman–Crippen MR) is 137 cm³/mol. The van der Waals surface area contributed by atoms with E-state index in [1.807, 2.05) is 13.0 Å². The van der Waals surface area contributed by atoms with Crippen molar-refractivity contribution in [3.8, 4) is 11.5 Å². The Hall–Kier alpha value is -3.25. The molecule has 1 N–H and O–H groups in total. The number of piperidine rings is 1. The normalized spacial score (nSPS) is 19.8. The average Bonchev–Trinajstić information content (AvgIpc) is 3.41. The summed E-state index contributed by atoms with van der Waals surface area (Å²) >= 11 is 0. The zero-order valence-electron chi connectivity index (χ0n) is 21.5. The van der Waals surface area contributed by atoms with Crippen molar-refractivity contribution < 1.29 is 31.5 Å². The zero-order valence-corrected chi connectivity index (χ0v) is 22.3. The molecule has 2 aromatic rings. The van der Waals surface area contributed by atoms with Crippen LogP contribution in [-0.4, -0.2) is 80.7 Å². The number of amides is 1. The SMILES string of the molecule is Cc1cc(C(=O)N(C)C)ccc1CCS(=O)(=O)N1CCC2(CC1)CNC(c1cccc3c1OC(F)(F)O3)=N2. The number of fused-ring (bicyclic) bond motifs is 1. The van der Waals surface area contributed by atoms with Gasteiger partial charge in [-0.15, -0.1) is 8.78 Å². The second-order valence-electron chi connectivity index (χ2n) is 10.1. The minimum Gasteiger partial charge on any atom is -0.395 e. The van der Waals surface area contributed by atoms with Crippen LogP contribution in [-0.2, 0) is 16.4 Å². The molecule has 0 radical (unpaired) electrons. The van der Waals surface area contributed by atoms with Gasteiger partial charge in [0.15, 0.2) is 11.5 Å². The first kappa shape index (κ1) is 26.4. The largest absolute Gasteiger partial charge is 0.586 e. The molecule has 1 amide bonds. The lowest BCUT2D eigenvalue weighted by Gasteiger charge is -2.36. The van der Waals surface area contributed by atoms with Gasteiger partial charge in [-0.2, -0.15) is 0 Å². The van der Waals surface area contributed by atoms with Crippen LogP contribution < -0.4 is 14.8 Å². The van der Waals surface area contributed by atoms with E-state index in [9.17, 15) is 22.0 Å². The van der Waals surface area contributed by atoms with Crippen LogP contribution >= 0.6 is 0 Å². The second-order valence-corrected chi connectivity index (χ2v) is 12.2. The third-order valence-electron chi connectivity index (χ3n) is 7.29. The number of halogens is 2. The molecule has 1 fully saturated rings. The number of nitrogens with zero attached hydrogens (tertiary/aromatic N) is 3. The average molecular weight is 549 g/mol. The third kappa shape index (κ3) is 5.06. The minimum atomic E-state index is -3.72. The van der Waals surface area contributed by atoms with Crippen molar-refractivity contribution in [3.63, 3.8) is 0 Å². The molecule has 5 rings (SSSR count). The number of carbonyl (C=O) groups is 1. The zero-order chi connectivity index (χ0) is 27.3. The number of amidine groups is 1. The molecule has 0 aliphatic carbocycles. The Morgan fingerprint density at radius 2 is 1.89 bits per heavy atom. The van der Waals surface area contributed by atoms with Gasteiger partial charge in [0.2, 0.25) is 10.0 Å². The molecule has 204 valence electrons. The van der Waals surface area contributed by atoms with Gasteiger partial charge in [-0.1, -0.05) is 12.1 Å². The van der Waals surface area contributed by atoms with Gasteiger partial charge in [0.25, 0.3) is 5.91 Å². The van der Waals surface area contributed by atoms with Crippen LogP contribution in [0.2, 0.25) is 0 Å². The summed E-state index contributed by atoms with van der Waals surface area (Å²) in [5.74, 6) is 0.197. The molecular weight excluding hydrogens is 518 g/mol. The van der Waals surface area contributed by atoms with E-state index in [1.54, 1.807) is 38.4 Å². The van der Waals surface area contributed by atoms with Gasteiger partial charge in [-0.05, 0) is 61.6 Å². The highest BCUT2D eigenvalue weighted by molar-refractivity contribution is 7.89. The maximum absolute atomic E-state index is 13.6. The molecule has 3 aliphatic rings. The van der Waals surface area contributed by atoms with Gasteiger partial charge in [-0.3, -0.25) is 9.79 Å². The van der Waals surface area contributed by atoms with Gasteiger partial charge in [0.1, 0.15) is 5.84 Å². The number of carbonyl (C=O) groups excluding carboxylic acids is 1. The van der Waals surface area contributed by atoms with Crippen molar-refractivity contribution in [2.45, 2.75) is 38.0 Å². The summed E-state index contributed by atoms with van der Waals surface area (Å²) in [6.45, 7) is 3.00. The van der Waals surface area contributed by atoms with E-state index in [-0.39, 0.29) is 23.2 Å². The first-order valence-electron chi connectivity index (χ1n) is 12.4. The maximum Gasteiger partial charge on any atom is 0.586 e. The maximum atomic E-state index is 13.6. The minimum absolute atomic E-state index is 0.0315. The van der Waals surface area contributed by atoms with E-state index in [0.717, 1.165) is 11.1 Å². The lowest BCUT2D eigenvalue weighted by molar-refractivity contribution is -0.286. The molecule has 0 unspecified atom stereocenters. The van der Waals surface area contributed by atoms with Crippen LogP contribution in [0.3, 0.4) is 0 Å². The molecule has 3 aliphatic heterocycles. The van der Waals surface area contributed by atoms with Crippen LogP contribution in [0.1, 0.15) is 39.9 Å². The second kappa shape index (κ2) is 9.49. The molecule has 2 aromatic carbocycles. The molecular formula is C26H30F2N4O5S. The molecule has 12 heteroatoms. The Morgan fingerprint density at radius 1 is 1.16 bits per heavy atom.